The molecule has 0 atom stereocenters. The molecule has 0 saturated carbocycles. The Hall–Kier alpha value is -4.46. The average Bonchev–Trinajstić information content (AvgIpc) is 3.36. The van der Waals surface area contributed by atoms with Crippen LogP contribution in [0.4, 0.5) is 10.5 Å². The third-order valence-electron chi connectivity index (χ3n) is 5.85. The number of urea groups is 1. The quantitative estimate of drug-likeness (QED) is 0.368. The molecule has 4 rings (SSSR count). The highest BCUT2D eigenvalue weighted by Gasteiger charge is 2.14. The molecule has 0 aliphatic rings. The van der Waals surface area contributed by atoms with Gasteiger partial charge in [0.1, 0.15) is 0 Å². The highest BCUT2D eigenvalue weighted by Crippen LogP contribution is 2.18. The van der Waals surface area contributed by atoms with Crippen LogP contribution >= 0.6 is 0 Å². The first kappa shape index (κ1) is 24.7. The van der Waals surface area contributed by atoms with Gasteiger partial charge in [-0.15, -0.1) is 0 Å². The lowest BCUT2D eigenvalue weighted by atomic mass is 10.1. The standard InChI is InChI=1S/C28H29N5O3/c1-19-7-6-10-24(17-19)30-28(35)33(3)16-15-25-31-27(36-32-25)22-13-11-21(12-14-22)26(34)29-18-23-9-5-4-8-20(23)2/h4-14,17H,15-16,18H2,1-3H3,(H,29,34)(H,30,35). The van der Waals surface area contributed by atoms with Gasteiger partial charge in [-0.25, -0.2) is 4.79 Å². The SMILES string of the molecule is Cc1cccc(NC(=O)N(C)CCc2noc(-c3ccc(C(=O)NCc4ccccc4C)cc3)n2)c1. The number of aromatic nitrogens is 2. The van der Waals surface area contributed by atoms with Gasteiger partial charge in [0.05, 0.1) is 0 Å². The predicted molar refractivity (Wildman–Crippen MR) is 139 cm³/mol. The van der Waals surface area contributed by atoms with E-state index in [0.717, 1.165) is 27.9 Å². The lowest BCUT2D eigenvalue weighted by Gasteiger charge is -2.17. The number of aryl methyl sites for hydroxylation is 2. The Labute approximate surface area is 210 Å². The second-order valence-electron chi connectivity index (χ2n) is 8.67. The zero-order chi connectivity index (χ0) is 25.5. The monoisotopic (exact) mass is 483 g/mol. The van der Waals surface area contributed by atoms with E-state index in [1.807, 2.05) is 62.4 Å². The number of nitrogens with one attached hydrogen (secondary N) is 2. The van der Waals surface area contributed by atoms with E-state index in [0.29, 0.717) is 36.8 Å². The van der Waals surface area contributed by atoms with Crippen LogP contribution in [-0.2, 0) is 13.0 Å². The summed E-state index contributed by atoms with van der Waals surface area (Å²) in [6.07, 6.45) is 0.445. The third-order valence-corrected chi connectivity index (χ3v) is 5.85. The van der Waals surface area contributed by atoms with Crippen molar-refractivity contribution in [3.63, 3.8) is 0 Å². The summed E-state index contributed by atoms with van der Waals surface area (Å²) in [6, 6.07) is 22.4. The minimum absolute atomic E-state index is 0.150. The van der Waals surface area contributed by atoms with Gasteiger partial charge < -0.3 is 20.1 Å². The zero-order valence-corrected chi connectivity index (χ0v) is 20.6. The molecular formula is C28H29N5O3. The number of likely N-dealkylation sites (N-methyl/N-ethyl adjacent to an activating group) is 1. The maximum Gasteiger partial charge on any atom is 0.321 e. The number of benzene rings is 3. The summed E-state index contributed by atoms with van der Waals surface area (Å²) in [5, 5.41) is 9.85. The van der Waals surface area contributed by atoms with E-state index < -0.39 is 0 Å². The number of carbonyl (C=O) groups is 2. The summed E-state index contributed by atoms with van der Waals surface area (Å²) < 4.78 is 5.39. The first-order valence-corrected chi connectivity index (χ1v) is 11.7. The highest BCUT2D eigenvalue weighted by molar-refractivity contribution is 5.94. The Kier molecular flexibility index (Phi) is 7.75. The lowest BCUT2D eigenvalue weighted by molar-refractivity contribution is 0.0951. The molecule has 4 aromatic rings. The van der Waals surface area contributed by atoms with Crippen molar-refractivity contribution in [3.8, 4) is 11.5 Å². The molecule has 0 radical (unpaired) electrons. The number of amides is 3. The third kappa shape index (κ3) is 6.35. The molecule has 8 heteroatoms. The Morgan fingerprint density at radius 2 is 1.75 bits per heavy atom. The minimum Gasteiger partial charge on any atom is -0.348 e. The minimum atomic E-state index is -0.208. The molecule has 1 aromatic heterocycles. The van der Waals surface area contributed by atoms with Gasteiger partial charge in [-0.2, -0.15) is 4.98 Å². The summed E-state index contributed by atoms with van der Waals surface area (Å²) >= 11 is 0. The second-order valence-corrected chi connectivity index (χ2v) is 8.67. The zero-order valence-electron chi connectivity index (χ0n) is 20.6. The summed E-state index contributed by atoms with van der Waals surface area (Å²) in [7, 11) is 1.72. The number of anilines is 1. The van der Waals surface area contributed by atoms with Crippen molar-refractivity contribution in [1.82, 2.24) is 20.4 Å². The molecule has 0 saturated heterocycles. The van der Waals surface area contributed by atoms with E-state index in [2.05, 4.69) is 20.8 Å². The van der Waals surface area contributed by atoms with Gasteiger partial charge in [0.15, 0.2) is 5.82 Å². The fourth-order valence-corrected chi connectivity index (χ4v) is 3.63. The second kappa shape index (κ2) is 11.3. The van der Waals surface area contributed by atoms with Crippen LogP contribution in [0.1, 0.15) is 32.9 Å². The topological polar surface area (TPSA) is 100 Å². The van der Waals surface area contributed by atoms with Crippen molar-refractivity contribution < 1.29 is 14.1 Å². The molecule has 0 unspecified atom stereocenters. The summed E-state index contributed by atoms with van der Waals surface area (Å²) in [6.45, 7) is 4.89. The Morgan fingerprint density at radius 1 is 0.972 bits per heavy atom. The fourth-order valence-electron chi connectivity index (χ4n) is 3.63. The molecule has 0 bridgehead atoms. The molecule has 1 heterocycles. The summed E-state index contributed by atoms with van der Waals surface area (Å²) in [5.74, 6) is 0.715. The van der Waals surface area contributed by atoms with E-state index in [9.17, 15) is 9.59 Å². The molecule has 0 spiro atoms. The summed E-state index contributed by atoms with van der Waals surface area (Å²) in [5.41, 5.74) is 5.31. The van der Waals surface area contributed by atoms with Crippen LogP contribution in [0.3, 0.4) is 0 Å². The van der Waals surface area contributed by atoms with Crippen molar-refractivity contribution >= 4 is 17.6 Å². The number of nitrogens with zero attached hydrogens (tertiary/aromatic N) is 3. The molecule has 3 aromatic carbocycles. The summed E-state index contributed by atoms with van der Waals surface area (Å²) in [4.78, 5) is 30.9. The Bertz CT molecular complexity index is 1350. The number of hydrogen-bond donors (Lipinski definition) is 2. The smallest absolute Gasteiger partial charge is 0.321 e. The van der Waals surface area contributed by atoms with Crippen LogP contribution in [-0.4, -0.2) is 40.6 Å². The van der Waals surface area contributed by atoms with Crippen molar-refractivity contribution in [1.29, 1.82) is 0 Å². The molecule has 36 heavy (non-hydrogen) atoms. The van der Waals surface area contributed by atoms with Crippen LogP contribution in [0.25, 0.3) is 11.5 Å². The molecular weight excluding hydrogens is 454 g/mol. The van der Waals surface area contributed by atoms with E-state index in [-0.39, 0.29) is 11.9 Å². The molecule has 3 amide bonds. The van der Waals surface area contributed by atoms with Crippen molar-refractivity contribution in [2.75, 3.05) is 18.9 Å². The van der Waals surface area contributed by atoms with Crippen LogP contribution in [0.2, 0.25) is 0 Å². The number of carbonyl (C=O) groups excluding carboxylic acids is 2. The molecule has 2 N–H and O–H groups in total. The Morgan fingerprint density at radius 3 is 2.50 bits per heavy atom. The van der Waals surface area contributed by atoms with Gasteiger partial charge >= 0.3 is 6.03 Å². The molecule has 8 nitrogen and oxygen atoms in total. The number of hydrogen-bond acceptors (Lipinski definition) is 5. The van der Waals surface area contributed by atoms with Crippen molar-refractivity contribution in [3.05, 3.63) is 101 Å². The van der Waals surface area contributed by atoms with Crippen molar-refractivity contribution in [2.45, 2.75) is 26.8 Å². The first-order valence-electron chi connectivity index (χ1n) is 11.7. The van der Waals surface area contributed by atoms with E-state index in [1.165, 1.54) is 0 Å². The van der Waals surface area contributed by atoms with Gasteiger partial charge in [0.25, 0.3) is 11.8 Å². The molecule has 0 aliphatic carbocycles. The van der Waals surface area contributed by atoms with Crippen LogP contribution in [0.15, 0.2) is 77.3 Å². The molecule has 184 valence electrons. The van der Waals surface area contributed by atoms with Crippen LogP contribution < -0.4 is 10.6 Å². The highest BCUT2D eigenvalue weighted by atomic mass is 16.5. The number of rotatable bonds is 8. The van der Waals surface area contributed by atoms with Gasteiger partial charge in [-0.05, 0) is 66.9 Å². The Balaban J connectivity index is 1.29. The molecule has 0 fully saturated rings. The van der Waals surface area contributed by atoms with Gasteiger partial charge in [-0.3, -0.25) is 4.79 Å². The van der Waals surface area contributed by atoms with E-state index in [1.54, 1.807) is 36.2 Å². The van der Waals surface area contributed by atoms with Crippen LogP contribution in [0, 0.1) is 13.8 Å². The maximum absolute atomic E-state index is 12.5. The molecule has 0 aliphatic heterocycles. The maximum atomic E-state index is 12.5. The van der Waals surface area contributed by atoms with Gasteiger partial charge in [0, 0.05) is 43.4 Å². The van der Waals surface area contributed by atoms with E-state index >= 15 is 0 Å². The fraction of sp³-hybridized carbons (Fsp3) is 0.214. The lowest BCUT2D eigenvalue weighted by Crippen LogP contribution is -2.33. The normalized spacial score (nSPS) is 10.6. The largest absolute Gasteiger partial charge is 0.348 e. The first-order chi connectivity index (χ1) is 17.4. The van der Waals surface area contributed by atoms with Crippen LogP contribution in [0.5, 0.6) is 0 Å². The van der Waals surface area contributed by atoms with E-state index in [4.69, 9.17) is 4.52 Å². The van der Waals surface area contributed by atoms with Gasteiger partial charge in [0.2, 0.25) is 0 Å². The average molecular weight is 484 g/mol. The predicted octanol–water partition coefficient (Wildman–Crippen LogP) is 4.99. The van der Waals surface area contributed by atoms with Gasteiger partial charge in [-0.1, -0.05) is 41.6 Å². The van der Waals surface area contributed by atoms with Crippen molar-refractivity contribution in [2.24, 2.45) is 0 Å².